The van der Waals surface area contributed by atoms with Crippen LogP contribution in [0.2, 0.25) is 0 Å². The summed E-state index contributed by atoms with van der Waals surface area (Å²) in [7, 11) is -3.41. The van der Waals surface area contributed by atoms with E-state index in [1.165, 1.54) is 11.6 Å². The number of likely N-dealkylation sites (tertiary alicyclic amines) is 1. The lowest BCUT2D eigenvalue weighted by molar-refractivity contribution is -0.134. The van der Waals surface area contributed by atoms with Gasteiger partial charge in [-0.2, -0.15) is 0 Å². The van der Waals surface area contributed by atoms with E-state index in [4.69, 9.17) is 14.6 Å². The summed E-state index contributed by atoms with van der Waals surface area (Å²) >= 11 is 0. The number of hydrogen-bond donors (Lipinski definition) is 4. The molecule has 0 spiro atoms. The number of piperazine rings is 2. The van der Waals surface area contributed by atoms with Crippen LogP contribution in [0.5, 0.6) is 11.5 Å². The summed E-state index contributed by atoms with van der Waals surface area (Å²) in [6.45, 7) is 19.1. The van der Waals surface area contributed by atoms with Gasteiger partial charge in [-0.05, 0) is 102 Å². The number of phenolic OH excluding ortho intramolecular Hbond substituents is 2. The average molecular weight is 1100 g/mol. The van der Waals surface area contributed by atoms with Gasteiger partial charge in [0.2, 0.25) is 21.9 Å². The lowest BCUT2D eigenvalue weighted by Gasteiger charge is -2.39. The number of rotatable bonds is 21. The number of carbonyl (C=O) groups is 2. The minimum atomic E-state index is -3.41. The number of aromatic nitrogens is 3. The molecule has 4 aliphatic heterocycles. The van der Waals surface area contributed by atoms with Gasteiger partial charge in [-0.1, -0.05) is 44.2 Å². The highest BCUT2D eigenvalue weighted by Gasteiger charge is 2.29. The monoisotopic (exact) mass is 1100 g/mol. The second kappa shape index (κ2) is 25.1. The fourth-order valence-corrected chi connectivity index (χ4v) is 11.8. The highest BCUT2D eigenvalue weighted by molar-refractivity contribution is 7.92. The maximum atomic E-state index is 13.5. The number of amides is 2. The van der Waals surface area contributed by atoms with Crippen LogP contribution in [0.1, 0.15) is 71.6 Å². The Hall–Kier alpha value is -6.81. The van der Waals surface area contributed by atoms with Gasteiger partial charge in [0.15, 0.2) is 0 Å². The quantitative estimate of drug-likeness (QED) is 0.0548. The molecule has 0 aliphatic carbocycles. The van der Waals surface area contributed by atoms with Gasteiger partial charge in [0.05, 0.1) is 62.1 Å². The summed E-state index contributed by atoms with van der Waals surface area (Å²) in [5, 5.41) is 28.8. The normalized spacial score (nSPS) is 17.0. The van der Waals surface area contributed by atoms with Crippen LogP contribution >= 0.6 is 0 Å². The van der Waals surface area contributed by atoms with Crippen molar-refractivity contribution in [2.24, 2.45) is 5.92 Å². The zero-order valence-corrected chi connectivity index (χ0v) is 46.5. The SMILES string of the molecule is CC(C)c1cc(C(=O)N2Cc3ccc(CN4CCN(CC5CCN(C(=O)CCOCCOCCN6CCN(c7ccc(Nc8ncc9ccc(-c%10cccc(NS(C)(=O)=O)c%10)n9n8)cc7)CC6)CC5)CC4)cc3C2)c(O)cc1O. The number of ether oxygens (including phenoxy) is 2. The first-order valence-electron chi connectivity index (χ1n) is 27.8. The molecule has 79 heavy (non-hydrogen) atoms. The van der Waals surface area contributed by atoms with Crippen LogP contribution in [0.3, 0.4) is 0 Å². The molecule has 19 nitrogen and oxygen atoms in total. The van der Waals surface area contributed by atoms with E-state index in [0.29, 0.717) is 69.1 Å². The highest BCUT2D eigenvalue weighted by atomic mass is 32.2. The minimum absolute atomic E-state index is 0.00482. The Morgan fingerprint density at radius 1 is 0.722 bits per heavy atom. The van der Waals surface area contributed by atoms with E-state index in [0.717, 1.165) is 143 Å². The fourth-order valence-electron chi connectivity index (χ4n) is 11.3. The first-order valence-corrected chi connectivity index (χ1v) is 29.7. The van der Waals surface area contributed by atoms with Gasteiger partial charge in [-0.15, -0.1) is 5.10 Å². The number of piperidine rings is 1. The molecule has 0 bridgehead atoms. The van der Waals surface area contributed by atoms with E-state index in [1.54, 1.807) is 39.9 Å². The van der Waals surface area contributed by atoms with Crippen LogP contribution in [0.4, 0.5) is 23.0 Å². The molecule has 2 aromatic heterocycles. The van der Waals surface area contributed by atoms with Crippen molar-refractivity contribution in [3.05, 3.63) is 125 Å². The molecule has 3 saturated heterocycles. The van der Waals surface area contributed by atoms with Crippen molar-refractivity contribution in [2.45, 2.75) is 58.7 Å². The van der Waals surface area contributed by atoms with E-state index in [-0.39, 0.29) is 34.8 Å². The van der Waals surface area contributed by atoms with Crippen LogP contribution in [-0.2, 0) is 43.9 Å². The molecule has 6 heterocycles. The molecule has 20 heteroatoms. The van der Waals surface area contributed by atoms with Crippen LogP contribution in [0, 0.1) is 5.92 Å². The third kappa shape index (κ3) is 14.3. The third-order valence-corrected chi connectivity index (χ3v) is 16.3. The Kier molecular flexibility index (Phi) is 17.6. The lowest BCUT2D eigenvalue weighted by Crippen LogP contribution is -2.48. The Morgan fingerprint density at radius 3 is 2.19 bits per heavy atom. The number of hydrogen-bond acceptors (Lipinski definition) is 15. The van der Waals surface area contributed by atoms with Crippen molar-refractivity contribution in [1.29, 1.82) is 0 Å². The zero-order valence-electron chi connectivity index (χ0n) is 45.7. The average Bonchev–Trinajstić information content (AvgIpc) is 4.15. The van der Waals surface area contributed by atoms with E-state index in [9.17, 15) is 28.2 Å². The molecule has 4 aliphatic rings. The molecular weight excluding hydrogens is 1020 g/mol. The molecule has 6 aromatic rings. The topological polar surface area (TPSA) is 201 Å². The molecule has 4 N–H and O–H groups in total. The number of phenols is 2. The molecule has 0 unspecified atom stereocenters. The van der Waals surface area contributed by atoms with Crippen molar-refractivity contribution in [2.75, 3.05) is 126 Å². The number of anilines is 4. The van der Waals surface area contributed by atoms with E-state index < -0.39 is 10.0 Å². The van der Waals surface area contributed by atoms with Crippen LogP contribution in [0.25, 0.3) is 16.8 Å². The van der Waals surface area contributed by atoms with Gasteiger partial charge in [-0.25, -0.2) is 17.9 Å². The third-order valence-electron chi connectivity index (χ3n) is 15.7. The number of aromatic hydroxyl groups is 2. The molecule has 0 saturated carbocycles. The lowest BCUT2D eigenvalue weighted by atomic mass is 9.95. The number of nitrogens with zero attached hydrogens (tertiary/aromatic N) is 9. The molecule has 3 fully saturated rings. The molecule has 2 amide bonds. The maximum Gasteiger partial charge on any atom is 0.258 e. The summed E-state index contributed by atoms with van der Waals surface area (Å²) in [5.41, 5.74) is 9.34. The number of fused-ring (bicyclic) bond motifs is 2. The van der Waals surface area contributed by atoms with Crippen molar-refractivity contribution in [1.82, 2.24) is 39.1 Å². The molecule has 10 rings (SSSR count). The Balaban J connectivity index is 0.553. The molecule has 0 radical (unpaired) electrons. The number of sulfonamides is 1. The van der Waals surface area contributed by atoms with E-state index in [2.05, 4.69) is 65.0 Å². The minimum Gasteiger partial charge on any atom is -0.508 e. The smallest absolute Gasteiger partial charge is 0.258 e. The maximum absolute atomic E-state index is 13.5. The number of nitrogens with one attached hydrogen (secondary N) is 2. The van der Waals surface area contributed by atoms with Gasteiger partial charge >= 0.3 is 0 Å². The van der Waals surface area contributed by atoms with E-state index in [1.807, 2.05) is 49.1 Å². The summed E-state index contributed by atoms with van der Waals surface area (Å²) in [4.78, 5) is 44.7. The molecule has 0 atom stereocenters. The Bertz CT molecular complexity index is 3190. The molecule has 420 valence electrons. The second-order valence-corrected chi connectivity index (χ2v) is 23.6. The summed E-state index contributed by atoms with van der Waals surface area (Å²) in [6, 6.07) is 28.8. The van der Waals surface area contributed by atoms with Crippen LogP contribution in [0.15, 0.2) is 97.2 Å². The van der Waals surface area contributed by atoms with Crippen molar-refractivity contribution >= 4 is 50.4 Å². The van der Waals surface area contributed by atoms with E-state index >= 15 is 0 Å². The highest BCUT2D eigenvalue weighted by Crippen LogP contribution is 2.35. The molecule has 4 aromatic carbocycles. The first kappa shape index (κ1) is 55.5. The zero-order chi connectivity index (χ0) is 55.0. The number of benzene rings is 4. The Labute approximate surface area is 463 Å². The fraction of sp³-hybridized carbons (Fsp3) is 0.458. The van der Waals surface area contributed by atoms with Crippen molar-refractivity contribution in [3.63, 3.8) is 0 Å². The van der Waals surface area contributed by atoms with Gasteiger partial charge in [0.25, 0.3) is 5.91 Å². The summed E-state index contributed by atoms with van der Waals surface area (Å²) < 4.78 is 39.6. The van der Waals surface area contributed by atoms with Crippen molar-refractivity contribution in [3.8, 4) is 22.8 Å². The van der Waals surface area contributed by atoms with Gasteiger partial charge in [0, 0.05) is 127 Å². The summed E-state index contributed by atoms with van der Waals surface area (Å²) in [5.74, 6) is 0.809. The van der Waals surface area contributed by atoms with Crippen LogP contribution in [-0.4, -0.2) is 181 Å². The van der Waals surface area contributed by atoms with Crippen molar-refractivity contribution < 1.29 is 37.7 Å². The second-order valence-electron chi connectivity index (χ2n) is 21.8. The van der Waals surface area contributed by atoms with Gasteiger partial charge in [-0.3, -0.25) is 24.1 Å². The number of carbonyl (C=O) groups excluding carboxylic acids is 2. The largest absolute Gasteiger partial charge is 0.508 e. The molecular formula is C59H75N11O8S. The first-order chi connectivity index (χ1) is 38.2. The standard InChI is InChI=1S/C59H75N11O8S/c1-42(2)52-35-53(56(72)36-55(52)71)58(74)69-40-46-8-7-44(33-47(46)41-69)39-66-22-20-65(21-23-66)38-43-15-18-68(19-16-43)57(73)17-29-77-31-32-78-30-28-64-24-26-67(27-25-64)50-11-9-48(10-12-50)61-59-60-37-51-13-14-54(70(51)62-59)45-5-4-6-49(34-45)63-79(3,75)76/h4-14,33-37,42-43,63,71-72H,15-32,38-41H2,1-3H3,(H,61,62). The predicted molar refractivity (Wildman–Crippen MR) is 306 cm³/mol. The Morgan fingerprint density at radius 2 is 1.44 bits per heavy atom. The summed E-state index contributed by atoms with van der Waals surface area (Å²) in [6.07, 6.45) is 5.34. The predicted octanol–water partition coefficient (Wildman–Crippen LogP) is 6.80. The van der Waals surface area contributed by atoms with Crippen LogP contribution < -0.4 is 14.9 Å². The van der Waals surface area contributed by atoms with Gasteiger partial charge in [0.1, 0.15) is 11.5 Å². The van der Waals surface area contributed by atoms with Gasteiger partial charge < -0.3 is 44.6 Å².